The summed E-state index contributed by atoms with van der Waals surface area (Å²) in [6.07, 6.45) is 5.06. The van der Waals surface area contributed by atoms with Gasteiger partial charge in [-0.2, -0.15) is 0 Å². The first-order chi connectivity index (χ1) is 11.9. The molecule has 25 heavy (non-hydrogen) atoms. The molecule has 3 atom stereocenters. The number of nitrogens with zero attached hydrogens (tertiary/aromatic N) is 1. The van der Waals surface area contributed by atoms with Gasteiger partial charge in [0.1, 0.15) is 5.69 Å². The summed E-state index contributed by atoms with van der Waals surface area (Å²) in [6.45, 7) is -0.469. The zero-order valence-corrected chi connectivity index (χ0v) is 14.3. The minimum atomic E-state index is -0.633. The second kappa shape index (κ2) is 7.39. The highest BCUT2D eigenvalue weighted by Crippen LogP contribution is 2.49. The number of esters is 1. The second-order valence-corrected chi connectivity index (χ2v) is 7.20. The van der Waals surface area contributed by atoms with E-state index in [4.69, 9.17) is 16.3 Å². The van der Waals surface area contributed by atoms with Crippen LogP contribution in [0.5, 0.6) is 0 Å². The fourth-order valence-electron chi connectivity index (χ4n) is 4.00. The molecule has 0 aromatic heterocycles. The lowest BCUT2D eigenvalue weighted by Gasteiger charge is -2.20. The Kier molecular flexibility index (Phi) is 5.22. The summed E-state index contributed by atoms with van der Waals surface area (Å²) in [4.78, 5) is 34.2. The Hall–Kier alpha value is -2.15. The Morgan fingerprint density at radius 2 is 2.12 bits per heavy atom. The van der Waals surface area contributed by atoms with Gasteiger partial charge in [-0.15, -0.1) is 0 Å². The monoisotopic (exact) mass is 366 g/mol. The minimum absolute atomic E-state index is 0.0216. The molecule has 1 amide bonds. The van der Waals surface area contributed by atoms with Crippen LogP contribution in [0, 0.1) is 27.9 Å². The Labute approximate surface area is 149 Å². The molecular weight excluding hydrogens is 348 g/mol. The van der Waals surface area contributed by atoms with E-state index in [2.05, 4.69) is 5.32 Å². The van der Waals surface area contributed by atoms with Crippen molar-refractivity contribution < 1.29 is 19.2 Å². The first kappa shape index (κ1) is 17.7. The van der Waals surface area contributed by atoms with Crippen LogP contribution in [-0.2, 0) is 14.3 Å². The predicted octanol–water partition coefficient (Wildman–Crippen LogP) is 3.56. The molecule has 0 aliphatic heterocycles. The third-order valence-electron chi connectivity index (χ3n) is 5.11. The summed E-state index contributed by atoms with van der Waals surface area (Å²) in [5, 5.41) is 13.6. The van der Waals surface area contributed by atoms with Gasteiger partial charge in [-0.25, -0.2) is 0 Å². The van der Waals surface area contributed by atoms with E-state index in [-0.39, 0.29) is 16.4 Å². The summed E-state index contributed by atoms with van der Waals surface area (Å²) < 4.78 is 5.02. The molecule has 0 radical (unpaired) electrons. The maximum Gasteiger partial charge on any atom is 0.306 e. The number of nitro groups is 1. The van der Waals surface area contributed by atoms with Gasteiger partial charge in [-0.05, 0) is 49.1 Å². The molecule has 8 heteroatoms. The maximum atomic E-state index is 11.9. The van der Waals surface area contributed by atoms with Crippen molar-refractivity contribution in [3.8, 4) is 0 Å². The van der Waals surface area contributed by atoms with Crippen molar-refractivity contribution in [2.45, 2.75) is 32.1 Å². The van der Waals surface area contributed by atoms with Crippen molar-refractivity contribution in [2.75, 3.05) is 11.9 Å². The molecule has 1 N–H and O–H groups in total. The van der Waals surface area contributed by atoms with Crippen molar-refractivity contribution in [2.24, 2.45) is 17.8 Å². The van der Waals surface area contributed by atoms with E-state index in [0.717, 1.165) is 12.3 Å². The Morgan fingerprint density at radius 3 is 2.76 bits per heavy atom. The number of nitro benzene ring substituents is 1. The quantitative estimate of drug-likeness (QED) is 0.471. The fourth-order valence-corrected chi connectivity index (χ4v) is 4.17. The lowest BCUT2D eigenvalue weighted by Crippen LogP contribution is -2.23. The third kappa shape index (κ3) is 4.28. The van der Waals surface area contributed by atoms with Crippen LogP contribution in [0.1, 0.15) is 32.1 Å². The Bertz CT molecular complexity index is 708. The van der Waals surface area contributed by atoms with E-state index in [0.29, 0.717) is 18.3 Å². The maximum absolute atomic E-state index is 11.9. The summed E-state index contributed by atoms with van der Waals surface area (Å²) in [5.74, 6) is 0.693. The first-order valence-corrected chi connectivity index (χ1v) is 8.69. The van der Waals surface area contributed by atoms with Crippen molar-refractivity contribution in [3.63, 3.8) is 0 Å². The van der Waals surface area contributed by atoms with Gasteiger partial charge in [-0.1, -0.05) is 18.0 Å². The number of ether oxygens (including phenoxy) is 1. The standard InChI is InChI=1S/C17H19ClN2O5/c18-13-3-4-15(20(23)24)14(8-13)19-16(21)9-25-17(22)7-12-6-10-1-2-11(12)5-10/h3-4,8,10-12H,1-2,5-7,9H2,(H,19,21)/t10-,11-,12+/m1/s1. The molecule has 0 saturated heterocycles. The highest BCUT2D eigenvalue weighted by Gasteiger charge is 2.40. The van der Waals surface area contributed by atoms with Crippen LogP contribution >= 0.6 is 11.6 Å². The number of fused-ring (bicyclic) bond motifs is 2. The molecular formula is C17H19ClN2O5. The van der Waals surface area contributed by atoms with Crippen molar-refractivity contribution in [1.82, 2.24) is 0 Å². The number of amides is 1. The van der Waals surface area contributed by atoms with Gasteiger partial charge in [0.2, 0.25) is 0 Å². The fraction of sp³-hybridized carbons (Fsp3) is 0.529. The normalized spacial score (nSPS) is 24.1. The lowest BCUT2D eigenvalue weighted by atomic mass is 9.86. The number of halogens is 1. The minimum Gasteiger partial charge on any atom is -0.456 e. The van der Waals surface area contributed by atoms with Gasteiger partial charge >= 0.3 is 5.97 Å². The number of nitrogens with one attached hydrogen (secondary N) is 1. The zero-order chi connectivity index (χ0) is 18.0. The highest BCUT2D eigenvalue weighted by molar-refractivity contribution is 6.31. The Morgan fingerprint density at radius 1 is 1.32 bits per heavy atom. The van der Waals surface area contributed by atoms with Gasteiger partial charge in [0, 0.05) is 17.5 Å². The molecule has 1 aromatic carbocycles. The number of anilines is 1. The van der Waals surface area contributed by atoms with Gasteiger partial charge < -0.3 is 10.1 Å². The smallest absolute Gasteiger partial charge is 0.306 e. The van der Waals surface area contributed by atoms with E-state index in [1.807, 2.05) is 0 Å². The average molecular weight is 367 g/mol. The number of benzene rings is 1. The topological polar surface area (TPSA) is 98.5 Å². The zero-order valence-electron chi connectivity index (χ0n) is 13.6. The van der Waals surface area contributed by atoms with Gasteiger partial charge in [0.25, 0.3) is 11.6 Å². The summed E-state index contributed by atoms with van der Waals surface area (Å²) in [7, 11) is 0. The van der Waals surface area contributed by atoms with Crippen molar-refractivity contribution in [1.29, 1.82) is 0 Å². The summed E-state index contributed by atoms with van der Waals surface area (Å²) in [6, 6.07) is 3.86. The number of carbonyl (C=O) groups excluding carboxylic acids is 2. The van der Waals surface area contributed by atoms with Gasteiger partial charge in [0.15, 0.2) is 6.61 Å². The Balaban J connectivity index is 1.49. The van der Waals surface area contributed by atoms with Crippen LogP contribution in [0.15, 0.2) is 18.2 Å². The molecule has 1 aromatic rings. The van der Waals surface area contributed by atoms with Crippen LogP contribution in [0.2, 0.25) is 5.02 Å². The average Bonchev–Trinajstić information content (AvgIpc) is 3.15. The van der Waals surface area contributed by atoms with Crippen LogP contribution in [0.3, 0.4) is 0 Å². The molecule has 2 aliphatic rings. The van der Waals surface area contributed by atoms with Crippen LogP contribution in [0.25, 0.3) is 0 Å². The van der Waals surface area contributed by atoms with Gasteiger partial charge in [-0.3, -0.25) is 19.7 Å². The predicted molar refractivity (Wildman–Crippen MR) is 91.3 cm³/mol. The number of carbonyl (C=O) groups is 2. The summed E-state index contributed by atoms with van der Waals surface area (Å²) >= 11 is 5.80. The molecule has 2 aliphatic carbocycles. The summed E-state index contributed by atoms with van der Waals surface area (Å²) in [5.41, 5.74) is -0.294. The highest BCUT2D eigenvalue weighted by atomic mass is 35.5. The first-order valence-electron chi connectivity index (χ1n) is 8.31. The van der Waals surface area contributed by atoms with Crippen LogP contribution in [0.4, 0.5) is 11.4 Å². The molecule has 0 spiro atoms. The molecule has 3 rings (SSSR count). The molecule has 2 saturated carbocycles. The SMILES string of the molecule is O=C(COC(=O)C[C@@H]1C[C@@H]2CC[C@@H]1C2)Nc1cc(Cl)ccc1[N+](=O)[O-]. The number of hydrogen-bond donors (Lipinski definition) is 1. The van der Waals surface area contributed by atoms with Crippen LogP contribution < -0.4 is 5.32 Å². The molecule has 2 bridgehead atoms. The molecule has 2 fully saturated rings. The molecule has 0 heterocycles. The van der Waals surface area contributed by atoms with E-state index in [1.165, 1.54) is 37.5 Å². The lowest BCUT2D eigenvalue weighted by molar-refractivity contribution is -0.383. The number of rotatable bonds is 6. The van der Waals surface area contributed by atoms with E-state index < -0.39 is 23.4 Å². The van der Waals surface area contributed by atoms with E-state index in [1.54, 1.807) is 0 Å². The van der Waals surface area contributed by atoms with Crippen molar-refractivity contribution in [3.05, 3.63) is 33.3 Å². The molecule has 0 unspecified atom stereocenters. The van der Waals surface area contributed by atoms with E-state index >= 15 is 0 Å². The van der Waals surface area contributed by atoms with Crippen molar-refractivity contribution >= 4 is 34.9 Å². The third-order valence-corrected chi connectivity index (χ3v) is 5.34. The molecule has 7 nitrogen and oxygen atoms in total. The van der Waals surface area contributed by atoms with E-state index in [9.17, 15) is 19.7 Å². The molecule has 134 valence electrons. The second-order valence-electron chi connectivity index (χ2n) is 6.77. The van der Waals surface area contributed by atoms with Crippen LogP contribution in [-0.4, -0.2) is 23.4 Å². The van der Waals surface area contributed by atoms with Gasteiger partial charge in [0.05, 0.1) is 4.92 Å². The number of hydrogen-bond acceptors (Lipinski definition) is 5. The largest absolute Gasteiger partial charge is 0.456 e.